The molecule has 174 valence electrons. The number of benzene rings is 2. The number of rotatable bonds is 8. The summed E-state index contributed by atoms with van der Waals surface area (Å²) in [6.45, 7) is 4.60. The van der Waals surface area contributed by atoms with E-state index in [1.165, 1.54) is 22.6 Å². The van der Waals surface area contributed by atoms with Crippen molar-refractivity contribution >= 4 is 5.69 Å². The van der Waals surface area contributed by atoms with Crippen molar-refractivity contribution < 1.29 is 57.6 Å². The van der Waals surface area contributed by atoms with E-state index in [0.717, 1.165) is 43.6 Å². The van der Waals surface area contributed by atoms with Crippen molar-refractivity contribution in [2.24, 2.45) is 0 Å². The van der Waals surface area contributed by atoms with Crippen molar-refractivity contribution in [2.45, 2.75) is 18.7 Å². The van der Waals surface area contributed by atoms with Crippen molar-refractivity contribution in [1.82, 2.24) is 0 Å². The fourth-order valence-corrected chi connectivity index (χ4v) is 3.76. The van der Waals surface area contributed by atoms with Crippen LogP contribution in [0.15, 0.2) is 54.6 Å². The molecular formula is C22H29Cl2F3N2O2. The Morgan fingerprint density at radius 3 is 2.26 bits per heavy atom. The zero-order chi connectivity index (χ0) is 20.7. The van der Waals surface area contributed by atoms with Gasteiger partial charge in [-0.3, -0.25) is 4.90 Å². The van der Waals surface area contributed by atoms with Gasteiger partial charge in [0.2, 0.25) is 0 Å². The van der Waals surface area contributed by atoms with E-state index >= 15 is 0 Å². The lowest BCUT2D eigenvalue weighted by molar-refractivity contribution is -0.988. The van der Waals surface area contributed by atoms with Crippen LogP contribution in [0.1, 0.15) is 11.1 Å². The summed E-state index contributed by atoms with van der Waals surface area (Å²) in [5.41, 5.74) is 1.30. The van der Waals surface area contributed by atoms with E-state index in [9.17, 15) is 18.3 Å². The molecule has 1 aliphatic heterocycles. The maximum Gasteiger partial charge on any atom is 0.416 e. The van der Waals surface area contributed by atoms with Crippen molar-refractivity contribution in [1.29, 1.82) is 0 Å². The topological polar surface area (TPSA) is 38.3 Å². The van der Waals surface area contributed by atoms with E-state index in [-0.39, 0.29) is 24.8 Å². The third-order valence-corrected chi connectivity index (χ3v) is 5.37. The summed E-state index contributed by atoms with van der Waals surface area (Å²) in [6, 6.07) is 15.7. The number of hydrogen-bond donors (Lipinski definition) is 3. The van der Waals surface area contributed by atoms with E-state index in [1.54, 1.807) is 6.07 Å². The minimum atomic E-state index is -4.31. The zero-order valence-electron chi connectivity index (χ0n) is 17.2. The molecule has 3 N–H and O–H groups in total. The number of hydrogen-bond acceptors (Lipinski definition) is 2. The van der Waals surface area contributed by atoms with Crippen LogP contribution in [0.5, 0.6) is 0 Å². The lowest BCUT2D eigenvalue weighted by atomic mass is 10.1. The van der Waals surface area contributed by atoms with Gasteiger partial charge >= 0.3 is 6.18 Å². The molecule has 2 aromatic carbocycles. The lowest BCUT2D eigenvalue weighted by Gasteiger charge is -2.30. The summed E-state index contributed by atoms with van der Waals surface area (Å²) in [5, 5.41) is 10.2. The van der Waals surface area contributed by atoms with Crippen LogP contribution in [0.4, 0.5) is 18.9 Å². The predicted molar refractivity (Wildman–Crippen MR) is 104 cm³/mol. The molecule has 1 atom stereocenters. The van der Waals surface area contributed by atoms with Gasteiger partial charge in [0, 0.05) is 6.07 Å². The predicted octanol–water partition coefficient (Wildman–Crippen LogP) is -5.25. The monoisotopic (exact) mass is 480 g/mol. The molecule has 0 aromatic heterocycles. The summed E-state index contributed by atoms with van der Waals surface area (Å²) in [7, 11) is 0. The smallest absolute Gasteiger partial charge is 0.416 e. The van der Waals surface area contributed by atoms with Gasteiger partial charge in [0.05, 0.1) is 18.8 Å². The van der Waals surface area contributed by atoms with Gasteiger partial charge in [-0.25, -0.2) is 0 Å². The number of nitrogens with one attached hydrogen (secondary N) is 2. The zero-order valence-corrected chi connectivity index (χ0v) is 18.7. The van der Waals surface area contributed by atoms with Crippen molar-refractivity contribution in [3.63, 3.8) is 0 Å². The first-order chi connectivity index (χ1) is 13.9. The van der Waals surface area contributed by atoms with E-state index in [1.807, 2.05) is 18.2 Å². The molecule has 0 spiro atoms. The van der Waals surface area contributed by atoms with Crippen LogP contribution >= 0.6 is 0 Å². The fourth-order valence-electron chi connectivity index (χ4n) is 3.76. The second-order valence-corrected chi connectivity index (χ2v) is 7.60. The largest absolute Gasteiger partial charge is 1.00 e. The Morgan fingerprint density at radius 2 is 1.61 bits per heavy atom. The number of aliphatic hydroxyl groups is 1. The van der Waals surface area contributed by atoms with Crippen molar-refractivity contribution in [3.8, 4) is 0 Å². The highest BCUT2D eigenvalue weighted by atomic mass is 35.5. The third-order valence-electron chi connectivity index (χ3n) is 5.37. The highest BCUT2D eigenvalue weighted by molar-refractivity contribution is 5.35. The molecular weight excluding hydrogens is 452 g/mol. The van der Waals surface area contributed by atoms with Crippen LogP contribution in [-0.2, 0) is 17.3 Å². The Kier molecular flexibility index (Phi) is 11.8. The number of piperazine rings is 1. The summed E-state index contributed by atoms with van der Waals surface area (Å²) < 4.78 is 44.3. The molecule has 0 aliphatic carbocycles. The molecule has 0 saturated carbocycles. The van der Waals surface area contributed by atoms with Gasteiger partial charge < -0.3 is 39.6 Å². The van der Waals surface area contributed by atoms with Crippen molar-refractivity contribution in [3.05, 3.63) is 65.7 Å². The number of quaternary nitrogens is 2. The van der Waals surface area contributed by atoms with Gasteiger partial charge in [0.1, 0.15) is 44.5 Å². The molecule has 0 bridgehead atoms. The van der Waals surface area contributed by atoms with Gasteiger partial charge in [-0.15, -0.1) is 0 Å². The molecule has 1 aliphatic rings. The SMILES string of the molecule is OC(COCCc1ccccc1)C[NH+]1CC[NH+](c2cccc(C(F)(F)F)c2)CC1.[Cl-].[Cl-]. The number of aliphatic hydroxyl groups excluding tert-OH is 1. The summed E-state index contributed by atoms with van der Waals surface area (Å²) in [5.74, 6) is 0. The molecule has 4 nitrogen and oxygen atoms in total. The third kappa shape index (κ3) is 8.96. The first kappa shape index (κ1) is 27.7. The Bertz CT molecular complexity index is 758. The fraction of sp³-hybridized carbons (Fsp3) is 0.455. The molecule has 3 rings (SSSR count). The van der Waals surface area contributed by atoms with Gasteiger partial charge in [-0.05, 0) is 24.1 Å². The molecule has 0 radical (unpaired) electrons. The van der Waals surface area contributed by atoms with Crippen LogP contribution in [-0.4, -0.2) is 57.1 Å². The standard InChI is InChI=1S/C22H27F3N2O2.2ClH/c23-22(24,25)19-7-4-8-20(15-19)27-12-10-26(11-13-27)16-21(28)17-29-14-9-18-5-2-1-3-6-18;;/h1-8,15,21,28H,9-14,16-17H2;2*1H. The highest BCUT2D eigenvalue weighted by Crippen LogP contribution is 2.29. The lowest BCUT2D eigenvalue weighted by Crippen LogP contribution is -3.26. The van der Waals surface area contributed by atoms with Crippen LogP contribution < -0.4 is 34.6 Å². The Morgan fingerprint density at radius 1 is 0.935 bits per heavy atom. The Labute approximate surface area is 193 Å². The Balaban J connectivity index is 0.00000240. The molecule has 9 heteroatoms. The minimum Gasteiger partial charge on any atom is -1.00 e. The molecule has 0 amide bonds. The second kappa shape index (κ2) is 13.3. The normalized spacial score (nSPS) is 19.7. The van der Waals surface area contributed by atoms with Crippen LogP contribution in [0.3, 0.4) is 0 Å². The molecule has 2 aromatic rings. The van der Waals surface area contributed by atoms with E-state index in [0.29, 0.717) is 25.4 Å². The van der Waals surface area contributed by atoms with Crippen LogP contribution in [0.25, 0.3) is 0 Å². The number of ether oxygens (including phenoxy) is 1. The maximum absolute atomic E-state index is 12.9. The van der Waals surface area contributed by atoms with Crippen LogP contribution in [0, 0.1) is 0 Å². The number of alkyl halides is 3. The molecule has 31 heavy (non-hydrogen) atoms. The molecule has 1 unspecified atom stereocenters. The molecule has 1 saturated heterocycles. The van der Waals surface area contributed by atoms with Crippen molar-refractivity contribution in [2.75, 3.05) is 45.9 Å². The average Bonchev–Trinajstić information content (AvgIpc) is 2.72. The van der Waals surface area contributed by atoms with Gasteiger partial charge in [0.15, 0.2) is 0 Å². The highest BCUT2D eigenvalue weighted by Gasteiger charge is 2.32. The Hall–Kier alpha value is -1.35. The van der Waals surface area contributed by atoms with E-state index in [2.05, 4.69) is 12.1 Å². The van der Waals surface area contributed by atoms with Gasteiger partial charge in [0.25, 0.3) is 0 Å². The first-order valence-corrected chi connectivity index (χ1v) is 10.1. The molecule has 1 heterocycles. The maximum atomic E-state index is 12.9. The summed E-state index contributed by atoms with van der Waals surface area (Å²) >= 11 is 0. The van der Waals surface area contributed by atoms with E-state index < -0.39 is 17.8 Å². The average molecular weight is 481 g/mol. The minimum absolute atomic E-state index is 0. The first-order valence-electron chi connectivity index (χ1n) is 10.1. The molecule has 1 fully saturated rings. The summed E-state index contributed by atoms with van der Waals surface area (Å²) in [6.07, 6.45) is -4.03. The van der Waals surface area contributed by atoms with Crippen LogP contribution in [0.2, 0.25) is 0 Å². The van der Waals surface area contributed by atoms with E-state index in [4.69, 9.17) is 4.74 Å². The quantitative estimate of drug-likeness (QED) is 0.330. The second-order valence-electron chi connectivity index (χ2n) is 7.60. The van der Waals surface area contributed by atoms with Gasteiger partial charge in [-0.2, -0.15) is 13.2 Å². The van der Waals surface area contributed by atoms with Gasteiger partial charge in [-0.1, -0.05) is 36.4 Å². The number of halogens is 5. The summed E-state index contributed by atoms with van der Waals surface area (Å²) in [4.78, 5) is 2.33.